The summed E-state index contributed by atoms with van der Waals surface area (Å²) in [5.41, 5.74) is 0.676. The number of nitrogens with zero attached hydrogens (tertiary/aromatic N) is 5. The summed E-state index contributed by atoms with van der Waals surface area (Å²) in [7, 11) is 0. The van der Waals surface area contributed by atoms with Crippen LogP contribution in [0, 0.1) is 0 Å². The van der Waals surface area contributed by atoms with E-state index in [0.29, 0.717) is 27.5 Å². The van der Waals surface area contributed by atoms with Crippen molar-refractivity contribution in [3.05, 3.63) is 65.2 Å². The molecule has 3 aromatic heterocycles. The number of rotatable bonds is 5. The number of fused-ring (bicyclic) bond motifs is 2. The Morgan fingerprint density at radius 3 is 2.68 bits per heavy atom. The number of aromatic nitrogens is 5. The third-order valence-electron chi connectivity index (χ3n) is 5.73. The maximum atomic E-state index is 13.2. The number of alkyl halides is 3. The maximum absolute atomic E-state index is 13.2. The molecule has 1 aromatic carbocycles. The maximum Gasteiger partial charge on any atom is 0.390 e. The fourth-order valence-corrected chi connectivity index (χ4v) is 4.06. The molecule has 4 heterocycles. The standard InChI is InChI=1S/C22H17ClF3N7O/c1-21(12-2-4-13(23)5-3-12)16-18(28-7-6-22(24,25)26)30-17(31-19(16)32-20(21)34)14-11-33-9-8-27-15(33)10-29-14/h2-5,8-11H,6-7H2,1H3,(H2,28,30,31,32,34). The Kier molecular flexibility index (Phi) is 5.16. The lowest BCUT2D eigenvalue weighted by Gasteiger charge is -2.25. The highest BCUT2D eigenvalue weighted by Crippen LogP contribution is 2.46. The molecule has 5 rings (SSSR count). The fourth-order valence-electron chi connectivity index (χ4n) is 3.94. The number of hydrogen-bond donors (Lipinski definition) is 2. The van der Waals surface area contributed by atoms with Gasteiger partial charge in [0.15, 0.2) is 11.5 Å². The first-order valence-corrected chi connectivity index (χ1v) is 10.6. The number of halogens is 4. The largest absolute Gasteiger partial charge is 0.390 e. The number of nitrogens with one attached hydrogen (secondary N) is 2. The van der Waals surface area contributed by atoms with Crippen LogP contribution in [0.1, 0.15) is 24.5 Å². The Bertz CT molecular complexity index is 1400. The van der Waals surface area contributed by atoms with Crippen molar-refractivity contribution in [1.82, 2.24) is 24.3 Å². The van der Waals surface area contributed by atoms with E-state index in [4.69, 9.17) is 11.6 Å². The van der Waals surface area contributed by atoms with Gasteiger partial charge >= 0.3 is 6.18 Å². The normalized spacial score (nSPS) is 17.6. The summed E-state index contributed by atoms with van der Waals surface area (Å²) in [6.07, 6.45) is 1.08. The summed E-state index contributed by atoms with van der Waals surface area (Å²) >= 11 is 6.01. The van der Waals surface area contributed by atoms with Gasteiger partial charge in [-0.25, -0.2) is 19.9 Å². The van der Waals surface area contributed by atoms with Crippen LogP contribution < -0.4 is 10.6 Å². The molecule has 1 atom stereocenters. The van der Waals surface area contributed by atoms with Crippen molar-refractivity contribution in [2.75, 3.05) is 17.2 Å². The molecule has 1 aliphatic heterocycles. The SMILES string of the molecule is CC1(c2ccc(Cl)cc2)C(=O)Nc2nc(-c3cn4ccnc4cn3)nc(NCCC(F)(F)F)c21. The van der Waals surface area contributed by atoms with Crippen molar-refractivity contribution < 1.29 is 18.0 Å². The Labute approximate surface area is 196 Å². The molecule has 0 spiro atoms. The molecule has 1 unspecified atom stereocenters. The molecule has 0 saturated carbocycles. The molecule has 0 radical (unpaired) electrons. The number of benzene rings is 1. The number of anilines is 2. The highest BCUT2D eigenvalue weighted by molar-refractivity contribution is 6.30. The molecule has 2 N–H and O–H groups in total. The summed E-state index contributed by atoms with van der Waals surface area (Å²) in [5, 5.41) is 6.01. The van der Waals surface area contributed by atoms with Crippen LogP contribution in [0.4, 0.5) is 24.8 Å². The van der Waals surface area contributed by atoms with Gasteiger partial charge in [-0.1, -0.05) is 23.7 Å². The second kappa shape index (κ2) is 7.94. The van der Waals surface area contributed by atoms with Gasteiger partial charge < -0.3 is 15.0 Å². The Morgan fingerprint density at radius 2 is 1.94 bits per heavy atom. The van der Waals surface area contributed by atoms with Gasteiger partial charge in [0.2, 0.25) is 5.91 Å². The summed E-state index contributed by atoms with van der Waals surface area (Å²) in [6.45, 7) is 1.25. The molecule has 8 nitrogen and oxygen atoms in total. The van der Waals surface area contributed by atoms with E-state index < -0.39 is 24.6 Å². The molecule has 0 fully saturated rings. The van der Waals surface area contributed by atoms with E-state index in [1.54, 1.807) is 54.2 Å². The second-order valence-corrected chi connectivity index (χ2v) is 8.40. The number of carbonyl (C=O) groups excluding carboxylic acids is 1. The molecule has 34 heavy (non-hydrogen) atoms. The highest BCUT2D eigenvalue weighted by atomic mass is 35.5. The van der Waals surface area contributed by atoms with E-state index in [9.17, 15) is 18.0 Å². The van der Waals surface area contributed by atoms with E-state index >= 15 is 0 Å². The summed E-state index contributed by atoms with van der Waals surface area (Å²) in [6, 6.07) is 6.67. The first-order chi connectivity index (χ1) is 16.1. The molecule has 4 aromatic rings. The van der Waals surface area contributed by atoms with Gasteiger partial charge in [0.05, 0.1) is 18.2 Å². The molecule has 0 aliphatic carbocycles. The van der Waals surface area contributed by atoms with Gasteiger partial charge in [-0.05, 0) is 24.6 Å². The third-order valence-corrected chi connectivity index (χ3v) is 5.98. The van der Waals surface area contributed by atoms with Gasteiger partial charge in [-0.3, -0.25) is 4.79 Å². The molecule has 0 saturated heterocycles. The molecule has 174 valence electrons. The minimum Gasteiger partial charge on any atom is -0.369 e. The van der Waals surface area contributed by atoms with Crippen molar-refractivity contribution in [3.8, 4) is 11.5 Å². The van der Waals surface area contributed by atoms with E-state index in [2.05, 4.69) is 30.6 Å². The van der Waals surface area contributed by atoms with E-state index in [-0.39, 0.29) is 23.4 Å². The molecular formula is C22H17ClF3N7O. The van der Waals surface area contributed by atoms with Crippen LogP contribution >= 0.6 is 11.6 Å². The first kappa shape index (κ1) is 22.1. The van der Waals surface area contributed by atoms with E-state index in [1.807, 2.05) is 0 Å². The van der Waals surface area contributed by atoms with Crippen molar-refractivity contribution >= 4 is 34.8 Å². The van der Waals surface area contributed by atoms with Gasteiger partial charge in [0.25, 0.3) is 0 Å². The smallest absolute Gasteiger partial charge is 0.369 e. The van der Waals surface area contributed by atoms with Crippen LogP contribution in [0.3, 0.4) is 0 Å². The topological polar surface area (TPSA) is 97.1 Å². The number of carbonyl (C=O) groups is 1. The molecule has 1 amide bonds. The summed E-state index contributed by atoms with van der Waals surface area (Å²) < 4.78 is 40.2. The minimum atomic E-state index is -4.35. The quantitative estimate of drug-likeness (QED) is 0.431. The average molecular weight is 488 g/mol. The van der Waals surface area contributed by atoms with Gasteiger partial charge in [-0.2, -0.15) is 13.2 Å². The van der Waals surface area contributed by atoms with Crippen LogP contribution in [-0.2, 0) is 10.2 Å². The van der Waals surface area contributed by atoms with Crippen molar-refractivity contribution in [2.24, 2.45) is 0 Å². The van der Waals surface area contributed by atoms with E-state index in [0.717, 1.165) is 0 Å². The highest BCUT2D eigenvalue weighted by Gasteiger charge is 2.48. The van der Waals surface area contributed by atoms with Crippen LogP contribution in [0.15, 0.2) is 49.1 Å². The van der Waals surface area contributed by atoms with Crippen LogP contribution in [0.2, 0.25) is 5.02 Å². The number of hydrogen-bond acceptors (Lipinski definition) is 6. The number of amides is 1. The molecular weight excluding hydrogens is 471 g/mol. The average Bonchev–Trinajstić information content (AvgIpc) is 3.35. The molecule has 1 aliphatic rings. The fraction of sp³-hybridized carbons (Fsp3) is 0.227. The Balaban J connectivity index is 1.64. The van der Waals surface area contributed by atoms with Gasteiger partial charge in [-0.15, -0.1) is 0 Å². The molecule has 0 bridgehead atoms. The monoisotopic (exact) mass is 487 g/mol. The lowest BCUT2D eigenvalue weighted by molar-refractivity contribution is -0.131. The minimum absolute atomic E-state index is 0.118. The number of imidazole rings is 1. The van der Waals surface area contributed by atoms with Gasteiger partial charge in [0.1, 0.15) is 22.7 Å². The second-order valence-electron chi connectivity index (χ2n) is 7.96. The van der Waals surface area contributed by atoms with Gasteiger partial charge in [0, 0.05) is 30.2 Å². The van der Waals surface area contributed by atoms with E-state index in [1.165, 1.54) is 6.20 Å². The van der Waals surface area contributed by atoms with Crippen LogP contribution in [-0.4, -0.2) is 43.0 Å². The third kappa shape index (κ3) is 3.81. The zero-order valence-corrected chi connectivity index (χ0v) is 18.4. The van der Waals surface area contributed by atoms with Crippen LogP contribution in [0.5, 0.6) is 0 Å². The zero-order valence-electron chi connectivity index (χ0n) is 17.7. The van der Waals surface area contributed by atoms with Crippen molar-refractivity contribution in [1.29, 1.82) is 0 Å². The lowest BCUT2D eigenvalue weighted by Crippen LogP contribution is -2.33. The molecule has 12 heteroatoms. The Hall–Kier alpha value is -3.73. The first-order valence-electron chi connectivity index (χ1n) is 10.2. The predicted molar refractivity (Wildman–Crippen MR) is 120 cm³/mol. The lowest BCUT2D eigenvalue weighted by atomic mass is 9.77. The zero-order chi connectivity index (χ0) is 24.1. The predicted octanol–water partition coefficient (Wildman–Crippen LogP) is 4.46. The summed E-state index contributed by atoms with van der Waals surface area (Å²) in [5.74, 6) is 0.0831. The van der Waals surface area contributed by atoms with Crippen molar-refractivity contribution in [2.45, 2.75) is 24.9 Å². The van der Waals surface area contributed by atoms with Crippen LogP contribution in [0.25, 0.3) is 17.2 Å². The Morgan fingerprint density at radius 1 is 1.18 bits per heavy atom. The summed E-state index contributed by atoms with van der Waals surface area (Å²) in [4.78, 5) is 30.6. The van der Waals surface area contributed by atoms with Crippen molar-refractivity contribution in [3.63, 3.8) is 0 Å².